The summed E-state index contributed by atoms with van der Waals surface area (Å²) < 4.78 is 0. The zero-order valence-corrected chi connectivity index (χ0v) is 13.4. The van der Waals surface area contributed by atoms with Crippen LogP contribution in [0.1, 0.15) is 17.2 Å². The number of hydrogen-bond donors (Lipinski definition) is 3. The maximum Gasteiger partial charge on any atom is 0.115 e. The Kier molecular flexibility index (Phi) is 7.29. The number of aromatic hydroxyl groups is 1. The van der Waals surface area contributed by atoms with Gasteiger partial charge in [0, 0.05) is 28.7 Å². The first-order chi connectivity index (χ1) is 9.58. The highest BCUT2D eigenvalue weighted by molar-refractivity contribution is 6.35. The molecule has 3 nitrogen and oxygen atoms in total. The van der Waals surface area contributed by atoms with E-state index in [0.29, 0.717) is 28.7 Å². The number of phenolic OH excluding ortho intramolecular Hbond substituents is 1. The summed E-state index contributed by atoms with van der Waals surface area (Å²) in [5.41, 5.74) is 1.46. The molecule has 0 aliphatic carbocycles. The molecule has 2 aromatic carbocycles. The van der Waals surface area contributed by atoms with Crippen molar-refractivity contribution in [2.75, 3.05) is 6.54 Å². The molecule has 1 unspecified atom stereocenters. The maximum absolute atomic E-state index is 10.0. The molecule has 1 atom stereocenters. The molecule has 0 saturated carbocycles. The van der Waals surface area contributed by atoms with Crippen LogP contribution in [0.3, 0.4) is 0 Å². The van der Waals surface area contributed by atoms with Gasteiger partial charge in [-0.15, -0.1) is 12.4 Å². The normalized spacial score (nSPS) is 11.8. The van der Waals surface area contributed by atoms with Gasteiger partial charge in [-0.3, -0.25) is 0 Å². The molecule has 6 heteroatoms. The van der Waals surface area contributed by atoms with Gasteiger partial charge in [-0.1, -0.05) is 41.4 Å². The van der Waals surface area contributed by atoms with E-state index in [1.807, 2.05) is 0 Å². The quantitative estimate of drug-likeness (QED) is 0.767. The molecule has 21 heavy (non-hydrogen) atoms. The van der Waals surface area contributed by atoms with Gasteiger partial charge in [0.15, 0.2) is 0 Å². The van der Waals surface area contributed by atoms with Crippen molar-refractivity contribution in [1.82, 2.24) is 5.32 Å². The minimum absolute atomic E-state index is 0. The largest absolute Gasteiger partial charge is 0.508 e. The van der Waals surface area contributed by atoms with Gasteiger partial charge >= 0.3 is 0 Å². The fourth-order valence-corrected chi connectivity index (χ4v) is 2.42. The van der Waals surface area contributed by atoms with Gasteiger partial charge in [0.2, 0.25) is 0 Å². The number of benzene rings is 2. The molecule has 0 radical (unpaired) electrons. The standard InChI is InChI=1S/C15H15Cl2NO2.ClH/c16-13-5-2-6-14(17)12(13)8-18-9-15(20)10-3-1-4-11(19)7-10;/h1-7,15,18-20H,8-9H2;1H. The molecule has 0 spiro atoms. The van der Waals surface area contributed by atoms with Crippen LogP contribution in [0.4, 0.5) is 0 Å². The van der Waals surface area contributed by atoms with Gasteiger partial charge in [0.25, 0.3) is 0 Å². The lowest BCUT2D eigenvalue weighted by Gasteiger charge is -2.13. The van der Waals surface area contributed by atoms with Crippen LogP contribution in [0.25, 0.3) is 0 Å². The fourth-order valence-electron chi connectivity index (χ4n) is 1.89. The van der Waals surface area contributed by atoms with Crippen LogP contribution >= 0.6 is 35.6 Å². The Labute approximate surface area is 139 Å². The lowest BCUT2D eigenvalue weighted by molar-refractivity contribution is 0.174. The van der Waals surface area contributed by atoms with E-state index >= 15 is 0 Å². The van der Waals surface area contributed by atoms with Crippen LogP contribution < -0.4 is 5.32 Å². The van der Waals surface area contributed by atoms with Gasteiger partial charge in [0.05, 0.1) is 6.10 Å². The molecular weight excluding hydrogens is 333 g/mol. The summed E-state index contributed by atoms with van der Waals surface area (Å²) in [6, 6.07) is 11.9. The zero-order valence-electron chi connectivity index (χ0n) is 11.1. The van der Waals surface area contributed by atoms with E-state index in [4.69, 9.17) is 23.2 Å². The second-order valence-electron chi connectivity index (χ2n) is 4.44. The Morgan fingerprint density at radius 3 is 2.29 bits per heavy atom. The van der Waals surface area contributed by atoms with Gasteiger partial charge in [-0.2, -0.15) is 0 Å². The SMILES string of the molecule is Cl.Oc1cccc(C(O)CNCc2c(Cl)cccc2Cl)c1. The van der Waals surface area contributed by atoms with Crippen molar-refractivity contribution in [1.29, 1.82) is 0 Å². The Balaban J connectivity index is 0.00000220. The smallest absolute Gasteiger partial charge is 0.115 e. The number of aliphatic hydroxyl groups is 1. The Bertz CT molecular complexity index is 573. The highest BCUT2D eigenvalue weighted by Crippen LogP contribution is 2.24. The van der Waals surface area contributed by atoms with Crippen LogP contribution in [0.2, 0.25) is 10.0 Å². The van der Waals surface area contributed by atoms with Crippen molar-refractivity contribution < 1.29 is 10.2 Å². The van der Waals surface area contributed by atoms with E-state index in [0.717, 1.165) is 5.56 Å². The van der Waals surface area contributed by atoms with Crippen molar-refractivity contribution in [2.24, 2.45) is 0 Å². The average Bonchev–Trinajstić information content (AvgIpc) is 2.42. The summed E-state index contributed by atoms with van der Waals surface area (Å²) >= 11 is 12.1. The fraction of sp³-hybridized carbons (Fsp3) is 0.200. The molecular formula is C15H16Cl3NO2. The number of aliphatic hydroxyl groups excluding tert-OH is 1. The molecule has 0 fully saturated rings. The lowest BCUT2D eigenvalue weighted by atomic mass is 10.1. The topological polar surface area (TPSA) is 52.5 Å². The molecule has 2 aromatic rings. The number of halogens is 3. The molecule has 0 aliphatic heterocycles. The highest BCUT2D eigenvalue weighted by atomic mass is 35.5. The first-order valence-electron chi connectivity index (χ1n) is 6.18. The Hall–Kier alpha value is -0.970. The van der Waals surface area contributed by atoms with E-state index in [-0.39, 0.29) is 18.2 Å². The monoisotopic (exact) mass is 347 g/mol. The minimum atomic E-state index is -0.705. The van der Waals surface area contributed by atoms with Gasteiger partial charge in [0.1, 0.15) is 5.75 Å². The number of nitrogens with one attached hydrogen (secondary N) is 1. The van der Waals surface area contributed by atoms with Crippen LogP contribution in [-0.2, 0) is 6.54 Å². The van der Waals surface area contributed by atoms with E-state index < -0.39 is 6.10 Å². The molecule has 0 saturated heterocycles. The van der Waals surface area contributed by atoms with Crippen molar-refractivity contribution >= 4 is 35.6 Å². The summed E-state index contributed by atoms with van der Waals surface area (Å²) in [5.74, 6) is 0.135. The lowest BCUT2D eigenvalue weighted by Crippen LogP contribution is -2.21. The second-order valence-corrected chi connectivity index (χ2v) is 5.26. The summed E-state index contributed by atoms with van der Waals surface area (Å²) in [6.07, 6.45) is -0.705. The Morgan fingerprint density at radius 1 is 1.05 bits per heavy atom. The number of rotatable bonds is 5. The minimum Gasteiger partial charge on any atom is -0.508 e. The number of hydrogen-bond acceptors (Lipinski definition) is 3. The third kappa shape index (κ3) is 5.06. The molecule has 0 bridgehead atoms. The van der Waals surface area contributed by atoms with Crippen LogP contribution in [0, 0.1) is 0 Å². The average molecular weight is 349 g/mol. The summed E-state index contributed by atoms with van der Waals surface area (Å²) in [7, 11) is 0. The van der Waals surface area contributed by atoms with Crippen LogP contribution in [0.15, 0.2) is 42.5 Å². The van der Waals surface area contributed by atoms with Gasteiger partial charge < -0.3 is 15.5 Å². The van der Waals surface area contributed by atoms with E-state index in [2.05, 4.69) is 5.32 Å². The first kappa shape index (κ1) is 18.1. The molecule has 114 valence electrons. The zero-order chi connectivity index (χ0) is 14.5. The summed E-state index contributed by atoms with van der Waals surface area (Å²) in [6.45, 7) is 0.805. The predicted molar refractivity (Wildman–Crippen MR) is 88.5 cm³/mol. The predicted octanol–water partition coefficient (Wildman–Crippen LogP) is 3.94. The molecule has 3 N–H and O–H groups in total. The molecule has 0 aliphatic rings. The summed E-state index contributed by atoms with van der Waals surface area (Å²) in [4.78, 5) is 0. The van der Waals surface area contributed by atoms with E-state index in [9.17, 15) is 10.2 Å². The van der Waals surface area contributed by atoms with Crippen molar-refractivity contribution in [3.63, 3.8) is 0 Å². The summed E-state index contributed by atoms with van der Waals surface area (Å²) in [5, 5.41) is 23.7. The van der Waals surface area contributed by atoms with Crippen LogP contribution in [0.5, 0.6) is 5.75 Å². The van der Waals surface area contributed by atoms with E-state index in [1.54, 1.807) is 36.4 Å². The second kappa shape index (κ2) is 8.47. The molecule has 0 amide bonds. The van der Waals surface area contributed by atoms with Crippen molar-refractivity contribution in [3.8, 4) is 5.75 Å². The van der Waals surface area contributed by atoms with Gasteiger partial charge in [-0.05, 0) is 29.8 Å². The molecule has 0 aromatic heterocycles. The highest BCUT2D eigenvalue weighted by Gasteiger charge is 2.09. The van der Waals surface area contributed by atoms with Crippen LogP contribution in [-0.4, -0.2) is 16.8 Å². The van der Waals surface area contributed by atoms with Gasteiger partial charge in [-0.25, -0.2) is 0 Å². The molecule has 2 rings (SSSR count). The third-order valence-electron chi connectivity index (χ3n) is 2.96. The number of phenols is 1. The third-order valence-corrected chi connectivity index (χ3v) is 3.66. The van der Waals surface area contributed by atoms with E-state index in [1.165, 1.54) is 6.07 Å². The van der Waals surface area contributed by atoms with Crippen molar-refractivity contribution in [3.05, 3.63) is 63.6 Å². The van der Waals surface area contributed by atoms with Crippen molar-refractivity contribution in [2.45, 2.75) is 12.6 Å². The maximum atomic E-state index is 10.0. The molecule has 0 heterocycles. The first-order valence-corrected chi connectivity index (χ1v) is 6.94. The Morgan fingerprint density at radius 2 is 1.67 bits per heavy atom.